The van der Waals surface area contributed by atoms with Gasteiger partial charge in [-0.25, -0.2) is 0 Å². The molecule has 18 heavy (non-hydrogen) atoms. The van der Waals surface area contributed by atoms with Crippen LogP contribution < -0.4 is 9.47 Å². The molecule has 0 saturated carbocycles. The summed E-state index contributed by atoms with van der Waals surface area (Å²) in [6.45, 7) is 4.25. The number of Topliss-reactive ketones (excluding diaryl/α,β-unsaturated/α-hetero) is 1. The molecule has 0 aliphatic carbocycles. The van der Waals surface area contributed by atoms with Gasteiger partial charge in [-0.1, -0.05) is 13.8 Å². The van der Waals surface area contributed by atoms with Crippen LogP contribution in [0.3, 0.4) is 0 Å². The van der Waals surface area contributed by atoms with E-state index in [1.807, 2.05) is 0 Å². The van der Waals surface area contributed by atoms with E-state index in [0.29, 0.717) is 28.1 Å². The van der Waals surface area contributed by atoms with Crippen LogP contribution in [0.5, 0.6) is 11.5 Å². The number of methoxy groups -OCH3 is 2. The average molecular weight is 268 g/mol. The van der Waals surface area contributed by atoms with Gasteiger partial charge in [0.25, 0.3) is 0 Å². The van der Waals surface area contributed by atoms with Crippen molar-refractivity contribution in [3.63, 3.8) is 0 Å². The molecular formula is C14H20O3S. The molecule has 0 radical (unpaired) electrons. The molecule has 0 aromatic heterocycles. The number of hydrogen-bond donors (Lipinski definition) is 0. The molecule has 0 unspecified atom stereocenters. The van der Waals surface area contributed by atoms with E-state index < -0.39 is 0 Å². The van der Waals surface area contributed by atoms with Crippen LogP contribution in [0.2, 0.25) is 0 Å². The highest BCUT2D eigenvalue weighted by Crippen LogP contribution is 2.26. The normalized spacial score (nSPS) is 12.0. The Bertz CT molecular complexity index is 404. The van der Waals surface area contributed by atoms with Gasteiger partial charge in [-0.2, -0.15) is 11.8 Å². The summed E-state index contributed by atoms with van der Waals surface area (Å²) in [5.41, 5.74) is 0.590. The van der Waals surface area contributed by atoms with Crippen LogP contribution in [0.15, 0.2) is 18.2 Å². The molecule has 3 nitrogen and oxygen atoms in total. The monoisotopic (exact) mass is 268 g/mol. The number of ether oxygens (including phenoxy) is 2. The first-order chi connectivity index (χ1) is 8.62. The zero-order valence-electron chi connectivity index (χ0n) is 11.4. The first-order valence-corrected chi connectivity index (χ1v) is 7.04. The summed E-state index contributed by atoms with van der Waals surface area (Å²) in [6, 6.07) is 5.29. The SMILES string of the molecule is CC[C@H](C)SCC(=O)c1cc(OC)ccc1OC. The maximum absolute atomic E-state index is 12.2. The quantitative estimate of drug-likeness (QED) is 0.710. The van der Waals surface area contributed by atoms with Crippen molar-refractivity contribution in [2.75, 3.05) is 20.0 Å². The highest BCUT2D eigenvalue weighted by Gasteiger charge is 2.14. The van der Waals surface area contributed by atoms with Crippen molar-refractivity contribution < 1.29 is 14.3 Å². The van der Waals surface area contributed by atoms with Crippen molar-refractivity contribution in [3.05, 3.63) is 23.8 Å². The number of rotatable bonds is 7. The van der Waals surface area contributed by atoms with E-state index in [2.05, 4.69) is 13.8 Å². The summed E-state index contributed by atoms with van der Waals surface area (Å²) in [6.07, 6.45) is 1.06. The molecule has 1 atom stereocenters. The Morgan fingerprint density at radius 3 is 2.61 bits per heavy atom. The molecule has 0 bridgehead atoms. The molecule has 1 aromatic rings. The van der Waals surface area contributed by atoms with Crippen molar-refractivity contribution in [2.24, 2.45) is 0 Å². The fourth-order valence-corrected chi connectivity index (χ4v) is 2.27. The van der Waals surface area contributed by atoms with Gasteiger partial charge in [0, 0.05) is 5.25 Å². The molecule has 0 amide bonds. The van der Waals surface area contributed by atoms with Crippen LogP contribution in [-0.4, -0.2) is 31.0 Å². The Morgan fingerprint density at radius 1 is 1.33 bits per heavy atom. The molecule has 0 spiro atoms. The highest BCUT2D eigenvalue weighted by atomic mass is 32.2. The van der Waals surface area contributed by atoms with Gasteiger partial charge in [0.05, 0.1) is 25.5 Å². The smallest absolute Gasteiger partial charge is 0.176 e. The minimum atomic E-state index is 0.0797. The number of benzene rings is 1. The summed E-state index contributed by atoms with van der Waals surface area (Å²) in [5, 5.41) is 0.491. The third kappa shape index (κ3) is 3.95. The molecule has 0 N–H and O–H groups in total. The van der Waals surface area contributed by atoms with E-state index in [1.165, 1.54) is 0 Å². The molecule has 100 valence electrons. The Hall–Kier alpha value is -1.16. The van der Waals surface area contributed by atoms with Crippen LogP contribution in [0.1, 0.15) is 30.6 Å². The summed E-state index contributed by atoms with van der Waals surface area (Å²) in [7, 11) is 3.16. The van der Waals surface area contributed by atoms with Gasteiger partial charge in [0.15, 0.2) is 5.78 Å². The second kappa shape index (κ2) is 7.31. The minimum absolute atomic E-state index is 0.0797. The average Bonchev–Trinajstić information content (AvgIpc) is 2.43. The first-order valence-electron chi connectivity index (χ1n) is 5.99. The van der Waals surface area contributed by atoms with Crippen molar-refractivity contribution in [2.45, 2.75) is 25.5 Å². The maximum atomic E-state index is 12.2. The number of ketones is 1. The largest absolute Gasteiger partial charge is 0.497 e. The second-order valence-corrected chi connectivity index (χ2v) is 5.45. The van der Waals surface area contributed by atoms with Crippen LogP contribution >= 0.6 is 11.8 Å². The molecule has 4 heteroatoms. The van der Waals surface area contributed by atoms with Gasteiger partial charge >= 0.3 is 0 Å². The Balaban J connectivity index is 2.82. The van der Waals surface area contributed by atoms with E-state index in [1.54, 1.807) is 44.2 Å². The number of carbonyl (C=O) groups is 1. The zero-order chi connectivity index (χ0) is 13.5. The fraction of sp³-hybridized carbons (Fsp3) is 0.500. The van der Waals surface area contributed by atoms with Gasteiger partial charge in [0.2, 0.25) is 0 Å². The third-order valence-electron chi connectivity index (χ3n) is 2.78. The molecule has 0 aliphatic rings. The van der Waals surface area contributed by atoms with Crippen LogP contribution in [-0.2, 0) is 0 Å². The van der Waals surface area contributed by atoms with E-state index >= 15 is 0 Å². The van der Waals surface area contributed by atoms with E-state index in [-0.39, 0.29) is 5.78 Å². The Labute approximate surface area is 113 Å². The molecule has 0 fully saturated rings. The van der Waals surface area contributed by atoms with Gasteiger partial charge in [-0.05, 0) is 24.6 Å². The van der Waals surface area contributed by atoms with Gasteiger partial charge in [-0.15, -0.1) is 0 Å². The maximum Gasteiger partial charge on any atom is 0.176 e. The number of thioether (sulfide) groups is 1. The van der Waals surface area contributed by atoms with E-state index in [4.69, 9.17) is 9.47 Å². The first kappa shape index (κ1) is 14.9. The number of carbonyl (C=O) groups excluding carboxylic acids is 1. The van der Waals surface area contributed by atoms with Gasteiger partial charge in [-0.3, -0.25) is 4.79 Å². The lowest BCUT2D eigenvalue weighted by atomic mass is 10.1. The van der Waals surface area contributed by atoms with Crippen molar-refractivity contribution in [3.8, 4) is 11.5 Å². The summed E-state index contributed by atoms with van der Waals surface area (Å²) < 4.78 is 10.4. The Kier molecular flexibility index (Phi) is 6.05. The summed E-state index contributed by atoms with van der Waals surface area (Å²) in [5.74, 6) is 1.83. The van der Waals surface area contributed by atoms with E-state index in [0.717, 1.165) is 6.42 Å². The molecule has 0 aliphatic heterocycles. The van der Waals surface area contributed by atoms with Crippen LogP contribution in [0.4, 0.5) is 0 Å². The molecule has 1 aromatic carbocycles. The van der Waals surface area contributed by atoms with Crippen molar-refractivity contribution in [1.82, 2.24) is 0 Å². The van der Waals surface area contributed by atoms with Crippen LogP contribution in [0, 0.1) is 0 Å². The predicted octanol–water partition coefficient (Wildman–Crippen LogP) is 3.42. The predicted molar refractivity (Wildman–Crippen MR) is 76.1 cm³/mol. The Morgan fingerprint density at radius 2 is 2.06 bits per heavy atom. The molecule has 1 rings (SSSR count). The lowest BCUT2D eigenvalue weighted by Crippen LogP contribution is -2.08. The third-order valence-corrected chi connectivity index (χ3v) is 4.11. The second-order valence-electron chi connectivity index (χ2n) is 4.02. The van der Waals surface area contributed by atoms with Crippen LogP contribution in [0.25, 0.3) is 0 Å². The highest BCUT2D eigenvalue weighted by molar-refractivity contribution is 8.00. The topological polar surface area (TPSA) is 35.5 Å². The summed E-state index contributed by atoms with van der Waals surface area (Å²) in [4.78, 5) is 12.2. The van der Waals surface area contributed by atoms with Gasteiger partial charge in [0.1, 0.15) is 11.5 Å². The standard InChI is InChI=1S/C14H20O3S/c1-5-10(2)18-9-13(15)12-8-11(16-3)6-7-14(12)17-4/h6-8,10H,5,9H2,1-4H3/t10-/m0/s1. The lowest BCUT2D eigenvalue weighted by Gasteiger charge is -2.11. The summed E-state index contributed by atoms with van der Waals surface area (Å²) >= 11 is 1.67. The number of hydrogen-bond acceptors (Lipinski definition) is 4. The lowest BCUT2D eigenvalue weighted by molar-refractivity contribution is 0.101. The molecular weight excluding hydrogens is 248 g/mol. The molecule has 0 heterocycles. The van der Waals surface area contributed by atoms with Crippen molar-refractivity contribution >= 4 is 17.5 Å². The van der Waals surface area contributed by atoms with Crippen molar-refractivity contribution in [1.29, 1.82) is 0 Å². The fourth-order valence-electron chi connectivity index (χ4n) is 1.45. The van der Waals surface area contributed by atoms with E-state index in [9.17, 15) is 4.79 Å². The zero-order valence-corrected chi connectivity index (χ0v) is 12.2. The molecule has 0 saturated heterocycles. The minimum Gasteiger partial charge on any atom is -0.497 e. The van der Waals surface area contributed by atoms with Gasteiger partial charge < -0.3 is 9.47 Å².